The van der Waals surface area contributed by atoms with Crippen LogP contribution in [-0.4, -0.2) is 35.4 Å². The van der Waals surface area contributed by atoms with Crippen molar-refractivity contribution in [2.24, 2.45) is 11.7 Å². The lowest BCUT2D eigenvalue weighted by Gasteiger charge is -2.22. The average Bonchev–Trinajstić information content (AvgIpc) is 2.91. The van der Waals surface area contributed by atoms with Gasteiger partial charge in [0.25, 0.3) is 5.92 Å². The van der Waals surface area contributed by atoms with E-state index in [0.717, 1.165) is 30.6 Å². The molecule has 1 aliphatic carbocycles. The minimum Gasteiger partial charge on any atom is -0.382 e. The second-order valence-corrected chi connectivity index (χ2v) is 6.74. The van der Waals surface area contributed by atoms with Gasteiger partial charge in [0.15, 0.2) is 0 Å². The summed E-state index contributed by atoms with van der Waals surface area (Å²) in [6.07, 6.45) is 1.75. The summed E-state index contributed by atoms with van der Waals surface area (Å²) in [5.41, 5.74) is 7.33. The molecule has 4 nitrogen and oxygen atoms in total. The number of hydrogen-bond donors (Lipinski definition) is 2. The van der Waals surface area contributed by atoms with Crippen molar-refractivity contribution in [3.63, 3.8) is 0 Å². The molecule has 23 heavy (non-hydrogen) atoms. The fourth-order valence-electron chi connectivity index (χ4n) is 3.47. The smallest absolute Gasteiger partial charge is 0.253 e. The molecule has 3 unspecified atom stereocenters. The zero-order valence-corrected chi connectivity index (χ0v) is 13.3. The van der Waals surface area contributed by atoms with Crippen LogP contribution in [0.25, 0.3) is 0 Å². The third-order valence-corrected chi connectivity index (χ3v) is 4.88. The lowest BCUT2D eigenvalue weighted by Crippen LogP contribution is -2.39. The largest absolute Gasteiger partial charge is 0.382 e. The van der Waals surface area contributed by atoms with Crippen LogP contribution in [0.1, 0.15) is 31.7 Å². The number of nitrogens with one attached hydrogen (secondary N) is 1. The van der Waals surface area contributed by atoms with Crippen molar-refractivity contribution in [2.45, 2.75) is 50.7 Å². The highest BCUT2D eigenvalue weighted by Gasteiger charge is 2.59. The highest BCUT2D eigenvalue weighted by Crippen LogP contribution is 2.51. The molecule has 0 bridgehead atoms. The van der Waals surface area contributed by atoms with Gasteiger partial charge in [-0.05, 0) is 44.0 Å². The second-order valence-electron chi connectivity index (χ2n) is 6.74. The summed E-state index contributed by atoms with van der Waals surface area (Å²) in [4.78, 5) is 13.5. The lowest BCUT2D eigenvalue weighted by atomic mass is 10.1. The van der Waals surface area contributed by atoms with Crippen molar-refractivity contribution >= 4 is 11.6 Å². The molecule has 3 rings (SSSR count). The van der Waals surface area contributed by atoms with Crippen molar-refractivity contribution < 1.29 is 13.6 Å². The summed E-state index contributed by atoms with van der Waals surface area (Å²) in [6.45, 7) is 3.30. The SMILES string of the molecule is CC(Nc1cccc(CN2CCCC2C(N)=O)c1)C1CC1(F)F. The Balaban J connectivity index is 1.62. The molecule has 2 aliphatic rings. The lowest BCUT2D eigenvalue weighted by molar-refractivity contribution is -0.122. The van der Waals surface area contributed by atoms with Gasteiger partial charge in [-0.1, -0.05) is 12.1 Å². The van der Waals surface area contributed by atoms with Crippen LogP contribution in [0.15, 0.2) is 24.3 Å². The first kappa shape index (κ1) is 16.2. The minimum absolute atomic E-state index is 0.0328. The predicted molar refractivity (Wildman–Crippen MR) is 85.2 cm³/mol. The average molecular weight is 323 g/mol. The molecule has 0 aromatic heterocycles. The Morgan fingerprint density at radius 1 is 1.52 bits per heavy atom. The van der Waals surface area contributed by atoms with Crippen LogP contribution in [0.5, 0.6) is 0 Å². The van der Waals surface area contributed by atoms with Crippen molar-refractivity contribution in [3.8, 4) is 0 Å². The molecule has 2 fully saturated rings. The van der Waals surface area contributed by atoms with Gasteiger partial charge in [0.2, 0.25) is 5.91 Å². The molecule has 0 radical (unpaired) electrons. The van der Waals surface area contributed by atoms with E-state index in [1.807, 2.05) is 24.3 Å². The van der Waals surface area contributed by atoms with Gasteiger partial charge < -0.3 is 11.1 Å². The number of carbonyl (C=O) groups excluding carboxylic acids is 1. The van der Waals surface area contributed by atoms with Gasteiger partial charge in [-0.2, -0.15) is 0 Å². The van der Waals surface area contributed by atoms with Gasteiger partial charge in [-0.15, -0.1) is 0 Å². The second kappa shape index (κ2) is 6.07. The quantitative estimate of drug-likeness (QED) is 0.846. The zero-order valence-electron chi connectivity index (χ0n) is 13.3. The molecule has 1 aromatic carbocycles. The van der Waals surface area contributed by atoms with Crippen LogP contribution in [0.3, 0.4) is 0 Å². The number of rotatable bonds is 6. The monoisotopic (exact) mass is 323 g/mol. The van der Waals surface area contributed by atoms with Crippen LogP contribution in [0.2, 0.25) is 0 Å². The minimum atomic E-state index is -2.52. The third kappa shape index (κ3) is 3.63. The number of benzene rings is 1. The molecule has 0 spiro atoms. The molecular weight excluding hydrogens is 300 g/mol. The number of halogens is 2. The van der Waals surface area contributed by atoms with Crippen LogP contribution in [0.4, 0.5) is 14.5 Å². The fraction of sp³-hybridized carbons (Fsp3) is 0.588. The first-order chi connectivity index (χ1) is 10.9. The maximum atomic E-state index is 13.1. The van der Waals surface area contributed by atoms with Gasteiger partial charge in [-0.3, -0.25) is 9.69 Å². The zero-order chi connectivity index (χ0) is 16.6. The number of carbonyl (C=O) groups is 1. The number of primary amides is 1. The van der Waals surface area contributed by atoms with Gasteiger partial charge >= 0.3 is 0 Å². The number of anilines is 1. The first-order valence-corrected chi connectivity index (χ1v) is 8.13. The number of nitrogens with zero attached hydrogens (tertiary/aromatic N) is 1. The van der Waals surface area contributed by atoms with Gasteiger partial charge in [-0.25, -0.2) is 8.78 Å². The fourth-order valence-corrected chi connectivity index (χ4v) is 3.47. The molecule has 1 aliphatic heterocycles. The van der Waals surface area contributed by atoms with E-state index in [-0.39, 0.29) is 24.4 Å². The molecule has 1 saturated carbocycles. The number of nitrogens with two attached hydrogens (primary N) is 1. The highest BCUT2D eigenvalue weighted by atomic mass is 19.3. The van der Waals surface area contributed by atoms with E-state index in [9.17, 15) is 13.6 Å². The summed E-state index contributed by atoms with van der Waals surface area (Å²) < 4.78 is 26.3. The summed E-state index contributed by atoms with van der Waals surface area (Å²) in [5.74, 6) is -3.38. The molecule has 126 valence electrons. The molecule has 6 heteroatoms. The maximum Gasteiger partial charge on any atom is 0.253 e. The molecule has 1 aromatic rings. The van der Waals surface area contributed by atoms with Crippen LogP contribution < -0.4 is 11.1 Å². The Morgan fingerprint density at radius 3 is 2.91 bits per heavy atom. The summed E-state index contributed by atoms with van der Waals surface area (Å²) in [7, 11) is 0. The van der Waals surface area contributed by atoms with Gasteiger partial charge in [0.1, 0.15) is 0 Å². The Labute approximate surface area is 135 Å². The Hall–Kier alpha value is -1.69. The van der Waals surface area contributed by atoms with Gasteiger partial charge in [0.05, 0.1) is 6.04 Å². The van der Waals surface area contributed by atoms with Crippen molar-refractivity contribution in [2.75, 3.05) is 11.9 Å². The first-order valence-electron chi connectivity index (χ1n) is 8.13. The Kier molecular flexibility index (Phi) is 4.27. The number of likely N-dealkylation sites (tertiary alicyclic amines) is 1. The number of amides is 1. The van der Waals surface area contributed by atoms with E-state index < -0.39 is 11.8 Å². The topological polar surface area (TPSA) is 58.4 Å². The number of hydrogen-bond acceptors (Lipinski definition) is 3. The number of alkyl halides is 2. The normalized spacial score (nSPS) is 27.6. The van der Waals surface area contributed by atoms with E-state index in [4.69, 9.17) is 5.73 Å². The Morgan fingerprint density at radius 2 is 2.26 bits per heavy atom. The van der Waals surface area contributed by atoms with Crippen molar-refractivity contribution in [3.05, 3.63) is 29.8 Å². The van der Waals surface area contributed by atoms with E-state index >= 15 is 0 Å². The maximum absolute atomic E-state index is 13.1. The molecule has 3 atom stereocenters. The molecular formula is C17H23F2N3O. The van der Waals surface area contributed by atoms with E-state index in [1.165, 1.54) is 0 Å². The standard InChI is InChI=1S/C17H23F2N3O/c1-11(14-9-17(14,18)19)21-13-5-2-4-12(8-13)10-22-7-3-6-15(22)16(20)23/h2,4-5,8,11,14-15,21H,3,6-7,9-10H2,1H3,(H2,20,23). The molecule has 1 saturated heterocycles. The molecule has 1 heterocycles. The third-order valence-electron chi connectivity index (χ3n) is 4.88. The molecule has 3 N–H and O–H groups in total. The van der Waals surface area contributed by atoms with E-state index in [0.29, 0.717) is 6.54 Å². The summed E-state index contributed by atoms with van der Waals surface area (Å²) >= 11 is 0. The highest BCUT2D eigenvalue weighted by molar-refractivity contribution is 5.80. The molecule has 1 amide bonds. The summed E-state index contributed by atoms with van der Waals surface area (Å²) in [5, 5.41) is 3.17. The van der Waals surface area contributed by atoms with Crippen molar-refractivity contribution in [1.82, 2.24) is 4.90 Å². The van der Waals surface area contributed by atoms with E-state index in [2.05, 4.69) is 10.2 Å². The van der Waals surface area contributed by atoms with Crippen molar-refractivity contribution in [1.29, 1.82) is 0 Å². The van der Waals surface area contributed by atoms with E-state index in [1.54, 1.807) is 6.92 Å². The van der Waals surface area contributed by atoms with Crippen LogP contribution >= 0.6 is 0 Å². The van der Waals surface area contributed by atoms with Crippen LogP contribution in [0, 0.1) is 5.92 Å². The van der Waals surface area contributed by atoms with Crippen LogP contribution in [-0.2, 0) is 11.3 Å². The predicted octanol–water partition coefficient (Wildman–Crippen LogP) is 2.59. The Bertz CT molecular complexity index is 593. The van der Waals surface area contributed by atoms with Gasteiger partial charge in [0, 0.05) is 30.6 Å². The summed E-state index contributed by atoms with van der Waals surface area (Å²) in [6, 6.07) is 7.28.